The summed E-state index contributed by atoms with van der Waals surface area (Å²) in [6.45, 7) is 7.31. The van der Waals surface area contributed by atoms with Crippen LogP contribution < -0.4 is 0 Å². The Bertz CT molecular complexity index is 1770. The van der Waals surface area contributed by atoms with Gasteiger partial charge >= 0.3 is 238 Å². The molecule has 0 radical (unpaired) electrons. The third-order valence-corrected chi connectivity index (χ3v) is 27.9. The van der Waals surface area contributed by atoms with Crippen LogP contribution in [0.2, 0.25) is 9.26 Å². The van der Waals surface area contributed by atoms with Crippen LogP contribution in [-0.2, 0) is 30.2 Å². The van der Waals surface area contributed by atoms with E-state index in [1.54, 1.807) is 33.4 Å². The summed E-state index contributed by atoms with van der Waals surface area (Å²) in [5.41, 5.74) is 18.2. The number of hydrogen-bond acceptors (Lipinski definition) is 0. The minimum Gasteiger partial charge on any atom is -0.147 e. The molecule has 0 heterocycles. The van der Waals surface area contributed by atoms with Gasteiger partial charge < -0.3 is 0 Å². The van der Waals surface area contributed by atoms with Crippen LogP contribution in [0.4, 0.5) is 0 Å². The number of benzene rings is 4. The van der Waals surface area contributed by atoms with Crippen LogP contribution in [-0.4, -0.2) is 6.88 Å². The van der Waals surface area contributed by atoms with E-state index in [1.807, 2.05) is 0 Å². The van der Waals surface area contributed by atoms with Crippen molar-refractivity contribution in [2.75, 3.05) is 0 Å². The molecule has 0 saturated heterocycles. The van der Waals surface area contributed by atoms with E-state index < -0.39 is 17.4 Å². The monoisotopic (exact) mass is 636 g/mol. The standard InChI is InChI=1S/C19H17.C16H13.2CH3.ClH.H2Si.Zr/c1-13-10-16-12-15-8-5-9-17(15)19(18(16)11-13)14-6-3-2-4-7-14;1-12-10-14-8-5-9-15(16(14)11-12)13-6-3-2-4-7-13;;;;;/h2-4,6-7,10-12H,5,8-9H2,1H3;2-11H,1H3;2*1H3;1H;1H2;. The first-order valence-electron chi connectivity index (χ1n) is 14.6. The molecule has 0 N–H and O–H groups in total. The number of hydrogen-bond donors (Lipinski definition) is 0. The molecule has 4 aromatic rings. The summed E-state index contributed by atoms with van der Waals surface area (Å²) in [6, 6.07) is 31.9. The molecule has 4 aromatic carbocycles. The molecular weight excluding hydrogens is 599 g/mol. The van der Waals surface area contributed by atoms with Crippen LogP contribution in [0.1, 0.15) is 60.9 Å². The Morgan fingerprint density at radius 1 is 0.675 bits per heavy atom. The maximum absolute atomic E-state index is 3.54. The van der Waals surface area contributed by atoms with E-state index in [-0.39, 0.29) is 12.4 Å². The molecule has 3 aliphatic carbocycles. The Morgan fingerprint density at radius 2 is 1.27 bits per heavy atom. The van der Waals surface area contributed by atoms with Crippen LogP contribution in [0.25, 0.3) is 34.4 Å². The maximum Gasteiger partial charge on any atom is -0.147 e. The Labute approximate surface area is 248 Å². The van der Waals surface area contributed by atoms with Gasteiger partial charge in [0.15, 0.2) is 0 Å². The molecule has 0 amide bonds. The van der Waals surface area contributed by atoms with Gasteiger partial charge in [-0.2, -0.15) is 0 Å². The fourth-order valence-electron chi connectivity index (χ4n) is 8.77. The van der Waals surface area contributed by atoms with Crippen LogP contribution in [0.5, 0.6) is 0 Å². The topological polar surface area (TPSA) is 0 Å². The molecule has 202 valence electrons. The number of aryl methyl sites for hydroxylation is 1. The van der Waals surface area contributed by atoms with Crippen molar-refractivity contribution in [3.8, 4) is 22.3 Å². The van der Waals surface area contributed by atoms with Gasteiger partial charge in [0.25, 0.3) is 0 Å². The average molecular weight is 638 g/mol. The minimum absolute atomic E-state index is 0. The summed E-state index contributed by atoms with van der Waals surface area (Å²) < 4.78 is 6.64. The second-order valence-electron chi connectivity index (χ2n) is 13.4. The molecule has 0 saturated carbocycles. The van der Waals surface area contributed by atoms with E-state index in [9.17, 15) is 0 Å². The summed E-state index contributed by atoms with van der Waals surface area (Å²) in [7, 11) is 0. The fraction of sp³-hybridized carbons (Fsp3) is 0.243. The minimum atomic E-state index is -3.54. The van der Waals surface area contributed by atoms with E-state index >= 15 is 0 Å². The van der Waals surface area contributed by atoms with Crippen molar-refractivity contribution in [3.05, 3.63) is 129 Å². The van der Waals surface area contributed by atoms with Crippen molar-refractivity contribution >= 4 is 31.4 Å². The van der Waals surface area contributed by atoms with Crippen LogP contribution in [0.3, 0.4) is 0 Å². The molecule has 0 fully saturated rings. The first-order chi connectivity index (χ1) is 18.7. The predicted molar refractivity (Wildman–Crippen MR) is 176 cm³/mol. The summed E-state index contributed by atoms with van der Waals surface area (Å²) in [4.78, 5) is 0. The number of rotatable bonds is 4. The van der Waals surface area contributed by atoms with E-state index in [2.05, 4.69) is 127 Å². The van der Waals surface area contributed by atoms with Gasteiger partial charge in [0.05, 0.1) is 0 Å². The third-order valence-electron chi connectivity index (χ3n) is 9.93. The molecule has 0 bridgehead atoms. The first kappa shape index (κ1) is 27.9. The van der Waals surface area contributed by atoms with Gasteiger partial charge in [-0.1, -0.05) is 0 Å². The van der Waals surface area contributed by atoms with E-state index in [4.69, 9.17) is 0 Å². The summed E-state index contributed by atoms with van der Waals surface area (Å²) in [5.74, 6) is 0. The third kappa shape index (κ3) is 4.17. The van der Waals surface area contributed by atoms with Crippen molar-refractivity contribution < 1.29 is 17.4 Å². The van der Waals surface area contributed by atoms with Gasteiger partial charge in [-0.25, -0.2) is 0 Å². The van der Waals surface area contributed by atoms with Gasteiger partial charge in [0, 0.05) is 0 Å². The SMILES string of the molecule is CC1=Cc2c(-c3ccccc3)cccc2[CH]1[Zr]([CH3])([CH3])(=[SiH2])[CH]1C(C)=Cc2c1cc1c(c2-c2ccccc2)CCC1.Cl. The molecule has 3 heteroatoms. The van der Waals surface area contributed by atoms with Crippen molar-refractivity contribution in [3.63, 3.8) is 0 Å². The van der Waals surface area contributed by atoms with Crippen LogP contribution in [0, 0.1) is 0 Å². The van der Waals surface area contributed by atoms with Crippen molar-refractivity contribution in [1.29, 1.82) is 0 Å². The quantitative estimate of drug-likeness (QED) is 0.195. The number of fused-ring (bicyclic) bond motifs is 3. The molecule has 0 aromatic heterocycles. The van der Waals surface area contributed by atoms with Gasteiger partial charge in [0.1, 0.15) is 0 Å². The summed E-state index contributed by atoms with van der Waals surface area (Å²) in [6.07, 6.45) is 8.85. The molecule has 2 atom stereocenters. The molecule has 0 nitrogen and oxygen atoms in total. The molecule has 2 unspecified atom stereocenters. The van der Waals surface area contributed by atoms with Crippen LogP contribution in [0.15, 0.2) is 96.1 Å². The van der Waals surface area contributed by atoms with Gasteiger partial charge in [-0.15, -0.1) is 12.4 Å². The fourth-order valence-corrected chi connectivity index (χ4v) is 30.0. The van der Waals surface area contributed by atoms with Crippen LogP contribution >= 0.6 is 12.4 Å². The second-order valence-corrected chi connectivity index (χ2v) is 43.8. The first-order valence-corrected chi connectivity index (χ1v) is 28.3. The average Bonchev–Trinajstić information content (AvgIpc) is 3.62. The van der Waals surface area contributed by atoms with Crippen molar-refractivity contribution in [2.45, 2.75) is 49.6 Å². The zero-order valence-electron chi connectivity index (χ0n) is 24.1. The van der Waals surface area contributed by atoms with Gasteiger partial charge in [0.2, 0.25) is 0 Å². The molecule has 3 aliphatic rings. The molecule has 40 heavy (non-hydrogen) atoms. The van der Waals surface area contributed by atoms with Gasteiger partial charge in [-0.3, -0.25) is 0 Å². The Morgan fingerprint density at radius 3 is 1.95 bits per heavy atom. The predicted octanol–water partition coefficient (Wildman–Crippen LogP) is 9.88. The Hall–Kier alpha value is -2.25. The van der Waals surface area contributed by atoms with Crippen molar-refractivity contribution in [1.82, 2.24) is 0 Å². The zero-order chi connectivity index (χ0) is 27.0. The zero-order valence-corrected chi connectivity index (χ0v) is 28.8. The maximum atomic E-state index is 2.76. The smallest absolute Gasteiger partial charge is 0.147 e. The second kappa shape index (κ2) is 9.94. The summed E-state index contributed by atoms with van der Waals surface area (Å²) >= 11 is -3.54. The van der Waals surface area contributed by atoms with E-state index in [1.165, 1.54) is 52.6 Å². The van der Waals surface area contributed by atoms with E-state index in [0.717, 1.165) is 0 Å². The normalized spacial score (nSPS) is 19.3. The van der Waals surface area contributed by atoms with Crippen molar-refractivity contribution in [2.24, 2.45) is 0 Å². The molecular formula is C37H39ClSiZr. The largest absolute Gasteiger partial charge is 0.147 e. The molecule has 0 spiro atoms. The number of halogens is 1. The Kier molecular flexibility index (Phi) is 6.93. The molecule has 7 rings (SSSR count). The van der Waals surface area contributed by atoms with Gasteiger partial charge in [-0.05, 0) is 0 Å². The molecule has 0 aliphatic heterocycles. The Balaban J connectivity index is 0.00000289. The number of allylic oxidation sites excluding steroid dienone is 2. The summed E-state index contributed by atoms with van der Waals surface area (Å²) in [5, 5.41) is 0. The van der Waals surface area contributed by atoms with E-state index in [0.29, 0.717) is 7.25 Å².